The Bertz CT molecular complexity index is 725. The first kappa shape index (κ1) is 18.0. The first-order valence-electron chi connectivity index (χ1n) is 7.78. The van der Waals surface area contributed by atoms with Gasteiger partial charge in [0.1, 0.15) is 5.03 Å². The van der Waals surface area contributed by atoms with Crippen molar-refractivity contribution in [3.63, 3.8) is 0 Å². The topological polar surface area (TPSA) is 79.3 Å². The van der Waals surface area contributed by atoms with Crippen molar-refractivity contribution in [2.24, 2.45) is 0 Å². The fourth-order valence-electron chi connectivity index (χ4n) is 2.38. The first-order chi connectivity index (χ1) is 11.6. The summed E-state index contributed by atoms with van der Waals surface area (Å²) in [4.78, 5) is 27.5. The number of aryl methyl sites for hydroxylation is 2. The normalized spacial score (nSPS) is 10.4. The molecule has 0 aliphatic carbocycles. The zero-order valence-electron chi connectivity index (χ0n) is 13.7. The fourth-order valence-corrected chi connectivity index (χ4v) is 3.17. The van der Waals surface area contributed by atoms with Crippen LogP contribution in [0.25, 0.3) is 0 Å². The van der Waals surface area contributed by atoms with E-state index in [-0.39, 0.29) is 17.2 Å². The highest BCUT2D eigenvalue weighted by Crippen LogP contribution is 2.24. The van der Waals surface area contributed by atoms with Gasteiger partial charge in [0.05, 0.1) is 11.3 Å². The summed E-state index contributed by atoms with van der Waals surface area (Å²) >= 11 is 1.13. The molecule has 0 spiro atoms. The maximum Gasteiger partial charge on any atom is 0.338 e. The minimum absolute atomic E-state index is 0.110. The molecule has 126 valence electrons. The van der Waals surface area contributed by atoms with Gasteiger partial charge in [0.2, 0.25) is 5.91 Å². The molecular formula is C18H20N2O3S. The molecule has 0 aliphatic heterocycles. The highest BCUT2D eigenvalue weighted by molar-refractivity contribution is 8.00. The number of carbonyl (C=O) groups excluding carboxylic acids is 1. The minimum atomic E-state index is -1.05. The minimum Gasteiger partial charge on any atom is -0.478 e. The Morgan fingerprint density at radius 2 is 1.79 bits per heavy atom. The summed E-state index contributed by atoms with van der Waals surface area (Å²) < 4.78 is 0. The summed E-state index contributed by atoms with van der Waals surface area (Å²) in [6.07, 6.45) is 3.19. The third-order valence-electron chi connectivity index (χ3n) is 3.60. The van der Waals surface area contributed by atoms with Crippen LogP contribution in [-0.2, 0) is 17.6 Å². The SMILES string of the molecule is CCc1cccc(CC)c1NC(=O)CSc1ncccc1C(=O)O. The number of para-hydroxylation sites is 1. The van der Waals surface area contributed by atoms with Crippen LogP contribution in [0.1, 0.15) is 35.3 Å². The third kappa shape index (κ3) is 4.35. The molecule has 0 aliphatic rings. The highest BCUT2D eigenvalue weighted by atomic mass is 32.2. The van der Waals surface area contributed by atoms with E-state index in [0.717, 1.165) is 41.4 Å². The monoisotopic (exact) mass is 344 g/mol. The molecule has 0 fully saturated rings. The number of anilines is 1. The number of nitrogens with one attached hydrogen (secondary N) is 1. The van der Waals surface area contributed by atoms with E-state index >= 15 is 0 Å². The van der Waals surface area contributed by atoms with E-state index in [0.29, 0.717) is 5.03 Å². The van der Waals surface area contributed by atoms with E-state index in [2.05, 4.69) is 10.3 Å². The summed E-state index contributed by atoms with van der Waals surface area (Å²) in [5.74, 6) is -1.11. The largest absolute Gasteiger partial charge is 0.478 e. The maximum atomic E-state index is 12.3. The average molecular weight is 344 g/mol. The fraction of sp³-hybridized carbons (Fsp3) is 0.278. The highest BCUT2D eigenvalue weighted by Gasteiger charge is 2.14. The van der Waals surface area contributed by atoms with E-state index in [1.165, 1.54) is 12.3 Å². The Balaban J connectivity index is 2.09. The van der Waals surface area contributed by atoms with E-state index in [9.17, 15) is 9.59 Å². The van der Waals surface area contributed by atoms with Crippen LogP contribution in [0.5, 0.6) is 0 Å². The number of hydrogen-bond donors (Lipinski definition) is 2. The number of thioether (sulfide) groups is 1. The number of carbonyl (C=O) groups is 2. The maximum absolute atomic E-state index is 12.3. The third-order valence-corrected chi connectivity index (χ3v) is 4.61. The number of nitrogens with zero attached hydrogens (tertiary/aromatic N) is 1. The second-order valence-electron chi connectivity index (χ2n) is 5.16. The molecule has 0 bridgehead atoms. The molecule has 2 N–H and O–H groups in total. The van der Waals surface area contributed by atoms with Crippen LogP contribution in [0.2, 0.25) is 0 Å². The van der Waals surface area contributed by atoms with Crippen molar-refractivity contribution in [2.45, 2.75) is 31.7 Å². The smallest absolute Gasteiger partial charge is 0.338 e. The van der Waals surface area contributed by atoms with Crippen molar-refractivity contribution in [2.75, 3.05) is 11.1 Å². The van der Waals surface area contributed by atoms with E-state index in [4.69, 9.17) is 5.11 Å². The molecule has 2 rings (SSSR count). The second-order valence-corrected chi connectivity index (χ2v) is 6.12. The molecule has 1 aromatic heterocycles. The van der Waals surface area contributed by atoms with Crippen LogP contribution in [0.15, 0.2) is 41.6 Å². The molecule has 5 nitrogen and oxygen atoms in total. The van der Waals surface area contributed by atoms with Crippen molar-refractivity contribution in [1.82, 2.24) is 4.98 Å². The van der Waals surface area contributed by atoms with E-state index in [1.54, 1.807) is 6.07 Å². The molecule has 1 amide bonds. The van der Waals surface area contributed by atoms with Gasteiger partial charge in [-0.05, 0) is 36.1 Å². The van der Waals surface area contributed by atoms with Crippen LogP contribution >= 0.6 is 11.8 Å². The van der Waals surface area contributed by atoms with Gasteiger partial charge in [-0.15, -0.1) is 0 Å². The summed E-state index contributed by atoms with van der Waals surface area (Å²) in [7, 11) is 0. The van der Waals surface area contributed by atoms with Gasteiger partial charge < -0.3 is 10.4 Å². The lowest BCUT2D eigenvalue weighted by molar-refractivity contribution is -0.113. The van der Waals surface area contributed by atoms with Crippen molar-refractivity contribution in [1.29, 1.82) is 0 Å². The average Bonchev–Trinajstić information content (AvgIpc) is 2.60. The van der Waals surface area contributed by atoms with Gasteiger partial charge in [-0.1, -0.05) is 43.8 Å². The van der Waals surface area contributed by atoms with Gasteiger partial charge in [-0.25, -0.2) is 9.78 Å². The molecule has 0 saturated heterocycles. The zero-order chi connectivity index (χ0) is 17.5. The molecule has 0 radical (unpaired) electrons. The number of aromatic carboxylic acids is 1. The number of rotatable bonds is 7. The summed E-state index contributed by atoms with van der Waals surface area (Å²) in [6, 6.07) is 9.05. The van der Waals surface area contributed by atoms with E-state index in [1.807, 2.05) is 32.0 Å². The van der Waals surface area contributed by atoms with Gasteiger partial charge in [0, 0.05) is 11.9 Å². The Kier molecular flexibility index (Phi) is 6.37. The van der Waals surface area contributed by atoms with E-state index < -0.39 is 5.97 Å². The van der Waals surface area contributed by atoms with Gasteiger partial charge >= 0.3 is 5.97 Å². The molecule has 0 atom stereocenters. The van der Waals surface area contributed by atoms with Gasteiger partial charge in [-0.3, -0.25) is 4.79 Å². The molecular weight excluding hydrogens is 324 g/mol. The number of pyridine rings is 1. The zero-order valence-corrected chi connectivity index (χ0v) is 14.5. The molecule has 6 heteroatoms. The van der Waals surface area contributed by atoms with Crippen molar-refractivity contribution >= 4 is 29.3 Å². The van der Waals surface area contributed by atoms with Gasteiger partial charge in [0.25, 0.3) is 0 Å². The lowest BCUT2D eigenvalue weighted by Gasteiger charge is -2.14. The van der Waals surface area contributed by atoms with Crippen LogP contribution in [0.3, 0.4) is 0 Å². The van der Waals surface area contributed by atoms with Crippen LogP contribution in [0.4, 0.5) is 5.69 Å². The quantitative estimate of drug-likeness (QED) is 0.750. The van der Waals surface area contributed by atoms with Crippen molar-refractivity contribution < 1.29 is 14.7 Å². The molecule has 24 heavy (non-hydrogen) atoms. The first-order valence-corrected chi connectivity index (χ1v) is 8.77. The van der Waals surface area contributed by atoms with Crippen LogP contribution in [-0.4, -0.2) is 27.7 Å². The Labute approximate surface area is 145 Å². The number of amides is 1. The Morgan fingerprint density at radius 1 is 1.12 bits per heavy atom. The van der Waals surface area contributed by atoms with Crippen LogP contribution in [0, 0.1) is 0 Å². The summed E-state index contributed by atoms with van der Waals surface area (Å²) in [5, 5.41) is 12.5. The van der Waals surface area contributed by atoms with Crippen molar-refractivity contribution in [3.8, 4) is 0 Å². The number of benzene rings is 1. The molecule has 2 aromatic rings. The van der Waals surface area contributed by atoms with Crippen molar-refractivity contribution in [3.05, 3.63) is 53.2 Å². The molecule has 0 unspecified atom stereocenters. The number of aromatic nitrogens is 1. The number of hydrogen-bond acceptors (Lipinski definition) is 4. The number of carboxylic acid groups (broad SMARTS) is 1. The second kappa shape index (κ2) is 8.49. The van der Waals surface area contributed by atoms with Gasteiger partial charge in [-0.2, -0.15) is 0 Å². The van der Waals surface area contributed by atoms with Gasteiger partial charge in [0.15, 0.2) is 0 Å². The van der Waals surface area contributed by atoms with Crippen LogP contribution < -0.4 is 5.32 Å². The lowest BCUT2D eigenvalue weighted by atomic mass is 10.0. The lowest BCUT2D eigenvalue weighted by Crippen LogP contribution is -2.17. The number of carboxylic acids is 1. The summed E-state index contributed by atoms with van der Waals surface area (Å²) in [5.41, 5.74) is 3.17. The molecule has 1 aromatic carbocycles. The predicted molar refractivity (Wildman–Crippen MR) is 95.7 cm³/mol. The standard InChI is InChI=1S/C18H20N2O3S/c1-3-12-7-5-8-13(4-2)16(12)20-15(21)11-24-17-14(18(22)23)9-6-10-19-17/h5-10H,3-4,11H2,1-2H3,(H,20,21)(H,22,23). The Morgan fingerprint density at radius 3 is 2.38 bits per heavy atom. The molecule has 0 saturated carbocycles. The predicted octanol–water partition coefficient (Wildman–Crippen LogP) is 3.64. The summed E-state index contributed by atoms with van der Waals surface area (Å²) in [6.45, 7) is 4.10. The Hall–Kier alpha value is -2.34. The molecule has 1 heterocycles.